The lowest BCUT2D eigenvalue weighted by atomic mass is 10.2. The predicted molar refractivity (Wildman–Crippen MR) is 59.7 cm³/mol. The van der Waals surface area contributed by atoms with E-state index in [9.17, 15) is 0 Å². The lowest BCUT2D eigenvalue weighted by Gasteiger charge is -1.95. The highest BCUT2D eigenvalue weighted by atomic mass is 79.9. The summed E-state index contributed by atoms with van der Waals surface area (Å²) < 4.78 is 6.29. The molecule has 0 spiro atoms. The topological polar surface area (TPSA) is 9.23 Å². The molecule has 0 bridgehead atoms. The van der Waals surface area contributed by atoms with Crippen molar-refractivity contribution >= 4 is 22.0 Å². The van der Waals surface area contributed by atoms with E-state index in [1.807, 2.05) is 25.1 Å². The monoisotopic (exact) mass is 240 g/mol. The van der Waals surface area contributed by atoms with Crippen LogP contribution < -0.4 is 0 Å². The summed E-state index contributed by atoms with van der Waals surface area (Å²) in [6, 6.07) is 8.18. The smallest absolute Gasteiger partial charge is 0.0650 e. The molecule has 0 aliphatic carbocycles. The van der Waals surface area contributed by atoms with E-state index < -0.39 is 0 Å². The molecule has 0 amide bonds. The molecule has 0 saturated carbocycles. The van der Waals surface area contributed by atoms with Gasteiger partial charge in [-0.05, 0) is 24.6 Å². The van der Waals surface area contributed by atoms with Gasteiger partial charge in [-0.15, -0.1) is 0 Å². The summed E-state index contributed by atoms with van der Waals surface area (Å²) in [5.74, 6) is 0. The second-order valence-corrected chi connectivity index (χ2v) is 3.53. The van der Waals surface area contributed by atoms with E-state index in [1.165, 1.54) is 5.56 Å². The third-order valence-corrected chi connectivity index (χ3v) is 2.13. The summed E-state index contributed by atoms with van der Waals surface area (Å²) in [7, 11) is 0. The zero-order chi connectivity index (χ0) is 9.52. The van der Waals surface area contributed by atoms with Crippen molar-refractivity contribution in [2.45, 2.75) is 6.92 Å². The van der Waals surface area contributed by atoms with Crippen molar-refractivity contribution in [2.24, 2.45) is 0 Å². The highest BCUT2D eigenvalue weighted by Crippen LogP contribution is 2.11. The fourth-order valence-corrected chi connectivity index (χ4v) is 1.21. The van der Waals surface area contributed by atoms with Gasteiger partial charge in [-0.2, -0.15) is 0 Å². The standard InChI is InChI=1S/C11H13BrO/c1-2-13-9-3-4-10-5-7-11(12)8-6-10/h3-8H,2,9H2,1H3/b4-3+. The van der Waals surface area contributed by atoms with Gasteiger partial charge in [0.15, 0.2) is 0 Å². The first kappa shape index (κ1) is 10.5. The Hall–Kier alpha value is -0.600. The summed E-state index contributed by atoms with van der Waals surface area (Å²) >= 11 is 3.39. The summed E-state index contributed by atoms with van der Waals surface area (Å²) in [5.41, 5.74) is 1.20. The van der Waals surface area contributed by atoms with E-state index in [2.05, 4.69) is 34.1 Å². The Bertz CT molecular complexity index is 264. The third-order valence-electron chi connectivity index (χ3n) is 1.60. The summed E-state index contributed by atoms with van der Waals surface area (Å²) in [5, 5.41) is 0. The van der Waals surface area contributed by atoms with E-state index in [0.29, 0.717) is 6.61 Å². The molecule has 0 aliphatic heterocycles. The Morgan fingerprint density at radius 3 is 2.62 bits per heavy atom. The average molecular weight is 241 g/mol. The highest BCUT2D eigenvalue weighted by Gasteiger charge is 1.86. The Balaban J connectivity index is 2.44. The quantitative estimate of drug-likeness (QED) is 0.733. The second kappa shape index (κ2) is 5.95. The number of halogens is 1. The minimum absolute atomic E-state index is 0.687. The van der Waals surface area contributed by atoms with Gasteiger partial charge in [0.25, 0.3) is 0 Å². The Morgan fingerprint density at radius 1 is 1.31 bits per heavy atom. The van der Waals surface area contributed by atoms with Crippen molar-refractivity contribution in [2.75, 3.05) is 13.2 Å². The molecule has 0 N–H and O–H groups in total. The fourth-order valence-electron chi connectivity index (χ4n) is 0.944. The Kier molecular flexibility index (Phi) is 4.79. The zero-order valence-electron chi connectivity index (χ0n) is 7.66. The lowest BCUT2D eigenvalue weighted by molar-refractivity contribution is 0.178. The van der Waals surface area contributed by atoms with E-state index in [4.69, 9.17) is 4.74 Å². The van der Waals surface area contributed by atoms with Crippen LogP contribution in [0.5, 0.6) is 0 Å². The normalized spacial score (nSPS) is 10.9. The van der Waals surface area contributed by atoms with Crippen LogP contribution in [0.15, 0.2) is 34.8 Å². The first-order valence-corrected chi connectivity index (χ1v) is 5.12. The summed E-state index contributed by atoms with van der Waals surface area (Å²) in [4.78, 5) is 0. The summed E-state index contributed by atoms with van der Waals surface area (Å²) in [6.45, 7) is 3.45. The minimum Gasteiger partial charge on any atom is -0.378 e. The molecule has 1 nitrogen and oxygen atoms in total. The van der Waals surface area contributed by atoms with E-state index in [-0.39, 0.29) is 0 Å². The van der Waals surface area contributed by atoms with Crippen LogP contribution >= 0.6 is 15.9 Å². The van der Waals surface area contributed by atoms with Gasteiger partial charge in [-0.25, -0.2) is 0 Å². The van der Waals surface area contributed by atoms with Crippen molar-refractivity contribution in [1.82, 2.24) is 0 Å². The minimum atomic E-state index is 0.687. The highest BCUT2D eigenvalue weighted by molar-refractivity contribution is 9.10. The van der Waals surface area contributed by atoms with Crippen LogP contribution in [-0.4, -0.2) is 13.2 Å². The number of rotatable bonds is 4. The maximum absolute atomic E-state index is 5.18. The number of benzene rings is 1. The molecule has 0 saturated heterocycles. The van der Waals surface area contributed by atoms with Crippen molar-refractivity contribution in [3.63, 3.8) is 0 Å². The largest absolute Gasteiger partial charge is 0.378 e. The maximum atomic E-state index is 5.18. The van der Waals surface area contributed by atoms with Gasteiger partial charge in [-0.3, -0.25) is 0 Å². The Morgan fingerprint density at radius 2 is 2.00 bits per heavy atom. The molecule has 1 rings (SSSR count). The van der Waals surface area contributed by atoms with Crippen molar-refractivity contribution in [1.29, 1.82) is 0 Å². The first-order valence-electron chi connectivity index (χ1n) is 4.33. The molecular formula is C11H13BrO. The molecule has 1 aromatic rings. The van der Waals surface area contributed by atoms with Gasteiger partial charge >= 0.3 is 0 Å². The lowest BCUT2D eigenvalue weighted by Crippen LogP contribution is -1.87. The molecule has 0 aliphatic rings. The molecule has 0 atom stereocenters. The molecular weight excluding hydrogens is 228 g/mol. The molecule has 2 heteroatoms. The van der Waals surface area contributed by atoms with Crippen molar-refractivity contribution in [3.8, 4) is 0 Å². The number of ether oxygens (including phenoxy) is 1. The van der Waals surface area contributed by atoms with Crippen LogP contribution in [0.2, 0.25) is 0 Å². The Labute approximate surface area is 87.5 Å². The van der Waals surface area contributed by atoms with E-state index in [1.54, 1.807) is 0 Å². The maximum Gasteiger partial charge on any atom is 0.0650 e. The van der Waals surface area contributed by atoms with Gasteiger partial charge < -0.3 is 4.74 Å². The molecule has 0 fully saturated rings. The van der Waals surface area contributed by atoms with Crippen molar-refractivity contribution in [3.05, 3.63) is 40.4 Å². The van der Waals surface area contributed by atoms with Crippen LogP contribution in [0.1, 0.15) is 12.5 Å². The molecule has 0 unspecified atom stereocenters. The van der Waals surface area contributed by atoms with E-state index in [0.717, 1.165) is 11.1 Å². The fraction of sp³-hybridized carbons (Fsp3) is 0.273. The molecule has 0 aromatic heterocycles. The van der Waals surface area contributed by atoms with Gasteiger partial charge in [0.2, 0.25) is 0 Å². The first-order chi connectivity index (χ1) is 6.33. The van der Waals surface area contributed by atoms with Gasteiger partial charge in [0, 0.05) is 11.1 Å². The zero-order valence-corrected chi connectivity index (χ0v) is 9.25. The van der Waals surface area contributed by atoms with Gasteiger partial charge in [-0.1, -0.05) is 40.2 Å². The van der Waals surface area contributed by atoms with E-state index >= 15 is 0 Å². The molecule has 0 heterocycles. The molecule has 13 heavy (non-hydrogen) atoms. The van der Waals surface area contributed by atoms with Crippen LogP contribution in [0.3, 0.4) is 0 Å². The van der Waals surface area contributed by atoms with Crippen LogP contribution in [0.25, 0.3) is 6.08 Å². The molecule has 0 radical (unpaired) electrons. The molecule has 1 aromatic carbocycles. The molecule has 70 valence electrons. The van der Waals surface area contributed by atoms with Gasteiger partial charge in [0.05, 0.1) is 6.61 Å². The second-order valence-electron chi connectivity index (χ2n) is 2.61. The van der Waals surface area contributed by atoms with Crippen LogP contribution in [0.4, 0.5) is 0 Å². The van der Waals surface area contributed by atoms with Gasteiger partial charge in [0.1, 0.15) is 0 Å². The number of hydrogen-bond donors (Lipinski definition) is 0. The third kappa shape index (κ3) is 4.25. The number of hydrogen-bond acceptors (Lipinski definition) is 1. The SMILES string of the molecule is CCOC/C=C/c1ccc(Br)cc1. The van der Waals surface area contributed by atoms with Crippen molar-refractivity contribution < 1.29 is 4.74 Å². The average Bonchev–Trinajstić information content (AvgIpc) is 2.15. The van der Waals surface area contributed by atoms with Crippen LogP contribution in [0, 0.1) is 0 Å². The predicted octanol–water partition coefficient (Wildman–Crippen LogP) is 3.50. The summed E-state index contributed by atoms with van der Waals surface area (Å²) in [6.07, 6.45) is 4.08. The van der Waals surface area contributed by atoms with Crippen LogP contribution in [-0.2, 0) is 4.74 Å².